The number of hydrogen-bond donors (Lipinski definition) is 1. The van der Waals surface area contributed by atoms with Crippen LogP contribution in [0.5, 0.6) is 5.75 Å². The molecule has 0 bridgehead atoms. The average molecular weight is 365 g/mol. The lowest BCUT2D eigenvalue weighted by Crippen LogP contribution is -2.06. The molecule has 0 aliphatic carbocycles. The Morgan fingerprint density at radius 2 is 1.93 bits per heavy atom. The molecular weight excluding hydrogens is 349 g/mol. The van der Waals surface area contributed by atoms with Crippen LogP contribution in [-0.4, -0.2) is 21.2 Å². The van der Waals surface area contributed by atoms with E-state index in [1.165, 1.54) is 24.4 Å². The first-order valence-corrected chi connectivity index (χ1v) is 8.43. The SMILES string of the molecule is CC(C)Oc1ccc(-c2noc(-c3c[nH]c4ccc(F)cc4c3=O)n2)cc1. The van der Waals surface area contributed by atoms with E-state index in [4.69, 9.17) is 9.26 Å². The van der Waals surface area contributed by atoms with Gasteiger partial charge in [-0.25, -0.2) is 4.39 Å². The minimum absolute atomic E-state index is 0.0694. The first-order chi connectivity index (χ1) is 13.0. The predicted molar refractivity (Wildman–Crippen MR) is 99.0 cm³/mol. The maximum absolute atomic E-state index is 13.5. The fourth-order valence-corrected chi connectivity index (χ4v) is 2.75. The lowest BCUT2D eigenvalue weighted by molar-refractivity contribution is 0.242. The summed E-state index contributed by atoms with van der Waals surface area (Å²) in [5.41, 5.74) is 1.07. The number of halogens is 1. The highest BCUT2D eigenvalue weighted by Gasteiger charge is 2.16. The van der Waals surface area contributed by atoms with Crippen molar-refractivity contribution in [2.45, 2.75) is 20.0 Å². The van der Waals surface area contributed by atoms with Crippen LogP contribution >= 0.6 is 0 Å². The molecule has 0 saturated carbocycles. The Labute approximate surface area is 153 Å². The van der Waals surface area contributed by atoms with Gasteiger partial charge in [0, 0.05) is 22.7 Å². The Balaban J connectivity index is 1.69. The Hall–Kier alpha value is -3.48. The van der Waals surface area contributed by atoms with E-state index < -0.39 is 5.82 Å². The van der Waals surface area contributed by atoms with Crippen molar-refractivity contribution in [1.29, 1.82) is 0 Å². The van der Waals surface area contributed by atoms with Gasteiger partial charge in [0.2, 0.25) is 11.3 Å². The molecule has 0 aliphatic rings. The van der Waals surface area contributed by atoms with Crippen molar-refractivity contribution in [3.8, 4) is 28.6 Å². The summed E-state index contributed by atoms with van der Waals surface area (Å²) in [5.74, 6) is 0.672. The van der Waals surface area contributed by atoms with Gasteiger partial charge in [-0.15, -0.1) is 0 Å². The summed E-state index contributed by atoms with van der Waals surface area (Å²) in [6, 6.07) is 11.2. The van der Waals surface area contributed by atoms with Crippen LogP contribution in [0.25, 0.3) is 33.7 Å². The first-order valence-electron chi connectivity index (χ1n) is 8.43. The molecule has 27 heavy (non-hydrogen) atoms. The van der Waals surface area contributed by atoms with Crippen LogP contribution in [-0.2, 0) is 0 Å². The van der Waals surface area contributed by atoms with E-state index >= 15 is 0 Å². The fraction of sp³-hybridized carbons (Fsp3) is 0.150. The van der Waals surface area contributed by atoms with Crippen molar-refractivity contribution in [3.05, 3.63) is 64.7 Å². The standard InChI is InChI=1S/C20H16FN3O3/c1-11(2)26-14-6-3-12(4-7-14)19-23-20(27-24-19)16-10-22-17-8-5-13(21)9-15(17)18(16)25/h3-11H,1-2H3,(H,22,25). The van der Waals surface area contributed by atoms with Crippen molar-refractivity contribution >= 4 is 10.9 Å². The highest BCUT2D eigenvalue weighted by atomic mass is 19.1. The van der Waals surface area contributed by atoms with Gasteiger partial charge in [0.1, 0.15) is 17.1 Å². The van der Waals surface area contributed by atoms with E-state index in [1.807, 2.05) is 38.1 Å². The van der Waals surface area contributed by atoms with E-state index in [0.717, 1.165) is 11.3 Å². The molecule has 0 saturated heterocycles. The topological polar surface area (TPSA) is 81.0 Å². The summed E-state index contributed by atoms with van der Waals surface area (Å²) in [4.78, 5) is 19.9. The second kappa shape index (κ2) is 6.68. The quantitative estimate of drug-likeness (QED) is 0.587. The molecule has 0 aliphatic heterocycles. The van der Waals surface area contributed by atoms with Gasteiger partial charge in [-0.1, -0.05) is 5.16 Å². The molecule has 0 fully saturated rings. The van der Waals surface area contributed by atoms with Gasteiger partial charge in [0.15, 0.2) is 0 Å². The number of rotatable bonds is 4. The molecule has 0 atom stereocenters. The number of fused-ring (bicyclic) bond motifs is 1. The van der Waals surface area contributed by atoms with Gasteiger partial charge in [-0.3, -0.25) is 4.79 Å². The van der Waals surface area contributed by atoms with Gasteiger partial charge in [0.25, 0.3) is 5.89 Å². The van der Waals surface area contributed by atoms with Crippen molar-refractivity contribution in [1.82, 2.24) is 15.1 Å². The summed E-state index contributed by atoms with van der Waals surface area (Å²) < 4.78 is 24.3. The van der Waals surface area contributed by atoms with E-state index in [9.17, 15) is 9.18 Å². The molecule has 0 radical (unpaired) electrons. The number of nitrogens with zero attached hydrogens (tertiary/aromatic N) is 2. The highest BCUT2D eigenvalue weighted by Crippen LogP contribution is 2.23. The van der Waals surface area contributed by atoms with E-state index in [2.05, 4.69) is 15.1 Å². The molecule has 6 nitrogen and oxygen atoms in total. The van der Waals surface area contributed by atoms with Gasteiger partial charge in [-0.2, -0.15) is 4.98 Å². The molecule has 7 heteroatoms. The van der Waals surface area contributed by atoms with Crippen LogP contribution in [0.1, 0.15) is 13.8 Å². The van der Waals surface area contributed by atoms with Crippen molar-refractivity contribution in [2.24, 2.45) is 0 Å². The Morgan fingerprint density at radius 3 is 2.67 bits per heavy atom. The second-order valence-corrected chi connectivity index (χ2v) is 6.34. The third-order valence-corrected chi connectivity index (χ3v) is 3.98. The number of ether oxygens (including phenoxy) is 1. The minimum Gasteiger partial charge on any atom is -0.491 e. The summed E-state index contributed by atoms with van der Waals surface area (Å²) in [7, 11) is 0. The number of H-pyrrole nitrogens is 1. The number of hydrogen-bond acceptors (Lipinski definition) is 5. The summed E-state index contributed by atoms with van der Waals surface area (Å²) in [5, 5.41) is 4.16. The number of benzene rings is 2. The first kappa shape index (κ1) is 17.0. The van der Waals surface area contributed by atoms with E-state index in [1.54, 1.807) is 0 Å². The third-order valence-electron chi connectivity index (χ3n) is 3.98. The van der Waals surface area contributed by atoms with Gasteiger partial charge < -0.3 is 14.2 Å². The highest BCUT2D eigenvalue weighted by molar-refractivity contribution is 5.82. The molecule has 4 rings (SSSR count). The van der Waals surface area contributed by atoms with Crippen LogP contribution in [0.15, 0.2) is 58.0 Å². The second-order valence-electron chi connectivity index (χ2n) is 6.34. The van der Waals surface area contributed by atoms with E-state index in [0.29, 0.717) is 11.3 Å². The molecule has 2 aromatic heterocycles. The molecular formula is C20H16FN3O3. The molecule has 1 N–H and O–H groups in total. The van der Waals surface area contributed by atoms with E-state index in [-0.39, 0.29) is 28.4 Å². The fourth-order valence-electron chi connectivity index (χ4n) is 2.75. The number of aromatic amines is 1. The normalized spacial score (nSPS) is 11.3. The molecule has 0 spiro atoms. The van der Waals surface area contributed by atoms with Gasteiger partial charge in [-0.05, 0) is 56.3 Å². The zero-order valence-corrected chi connectivity index (χ0v) is 14.7. The maximum Gasteiger partial charge on any atom is 0.263 e. The largest absolute Gasteiger partial charge is 0.491 e. The van der Waals surface area contributed by atoms with Gasteiger partial charge >= 0.3 is 0 Å². The Bertz CT molecular complexity index is 1160. The predicted octanol–water partition coefficient (Wildman–Crippen LogP) is 4.17. The number of pyridine rings is 1. The summed E-state index contributed by atoms with van der Waals surface area (Å²) in [6.07, 6.45) is 1.57. The van der Waals surface area contributed by atoms with Crippen LogP contribution in [0.2, 0.25) is 0 Å². The van der Waals surface area contributed by atoms with Crippen LogP contribution in [0.4, 0.5) is 4.39 Å². The molecule has 4 aromatic rings. The zero-order valence-electron chi connectivity index (χ0n) is 14.7. The monoisotopic (exact) mass is 365 g/mol. The smallest absolute Gasteiger partial charge is 0.263 e. The molecule has 2 aromatic carbocycles. The summed E-state index contributed by atoms with van der Waals surface area (Å²) >= 11 is 0. The minimum atomic E-state index is -0.486. The molecule has 136 valence electrons. The van der Waals surface area contributed by atoms with Crippen molar-refractivity contribution in [2.75, 3.05) is 0 Å². The molecule has 0 unspecified atom stereocenters. The Kier molecular flexibility index (Phi) is 4.19. The maximum atomic E-state index is 13.5. The number of aromatic nitrogens is 3. The van der Waals surface area contributed by atoms with Crippen LogP contribution in [0.3, 0.4) is 0 Å². The van der Waals surface area contributed by atoms with Crippen molar-refractivity contribution in [3.63, 3.8) is 0 Å². The molecule has 2 heterocycles. The lowest BCUT2D eigenvalue weighted by Gasteiger charge is -2.09. The third kappa shape index (κ3) is 3.31. The average Bonchev–Trinajstić information content (AvgIpc) is 3.12. The Morgan fingerprint density at radius 1 is 1.15 bits per heavy atom. The lowest BCUT2D eigenvalue weighted by atomic mass is 10.1. The molecule has 0 amide bonds. The zero-order chi connectivity index (χ0) is 19.0. The van der Waals surface area contributed by atoms with Crippen molar-refractivity contribution < 1.29 is 13.7 Å². The summed E-state index contributed by atoms with van der Waals surface area (Å²) in [6.45, 7) is 3.90. The van der Waals surface area contributed by atoms with Gasteiger partial charge in [0.05, 0.1) is 6.10 Å². The van der Waals surface area contributed by atoms with Crippen LogP contribution in [0, 0.1) is 5.82 Å². The van der Waals surface area contributed by atoms with Crippen LogP contribution < -0.4 is 10.2 Å². The number of nitrogens with one attached hydrogen (secondary N) is 1.